The molecular formula is C98H87BN4. The third-order valence-electron chi connectivity index (χ3n) is 21.0. The molecule has 0 saturated heterocycles. The van der Waals surface area contributed by atoms with Gasteiger partial charge in [0.15, 0.2) is 5.82 Å². The van der Waals surface area contributed by atoms with Gasteiger partial charge in [-0.2, -0.15) is 0 Å². The van der Waals surface area contributed by atoms with Crippen molar-refractivity contribution in [1.29, 1.82) is 0 Å². The average Bonchev–Trinajstić information content (AvgIpc) is 0.692. The molecule has 13 aromatic carbocycles. The number of anilines is 6. The van der Waals surface area contributed by atoms with Gasteiger partial charge in [0.05, 0.1) is 11.4 Å². The quantitative estimate of drug-likeness (QED) is 0.121. The molecule has 16 rings (SSSR count). The predicted molar refractivity (Wildman–Crippen MR) is 440 cm³/mol. The number of benzene rings is 13. The van der Waals surface area contributed by atoms with Crippen LogP contribution in [0.1, 0.15) is 105 Å². The van der Waals surface area contributed by atoms with Gasteiger partial charge in [-0.3, -0.25) is 0 Å². The van der Waals surface area contributed by atoms with Crippen LogP contribution in [-0.4, -0.2) is 16.7 Å². The lowest BCUT2D eigenvalue weighted by molar-refractivity contribution is 0.568. The molecule has 4 nitrogen and oxygen atoms in total. The predicted octanol–water partition coefficient (Wildman–Crippen LogP) is 24.8. The van der Waals surface area contributed by atoms with Gasteiger partial charge in [0.1, 0.15) is 0 Å². The van der Waals surface area contributed by atoms with Gasteiger partial charge in [0.25, 0.3) is 6.71 Å². The smallest absolute Gasteiger partial charge is 0.252 e. The van der Waals surface area contributed by atoms with Crippen molar-refractivity contribution in [3.05, 3.63) is 332 Å². The molecule has 14 aromatic rings. The Morgan fingerprint density at radius 2 is 0.495 bits per heavy atom. The maximum atomic E-state index is 6.01. The Hall–Kier alpha value is -11.4. The molecule has 1 aromatic heterocycles. The van der Waals surface area contributed by atoms with Crippen molar-refractivity contribution in [2.24, 2.45) is 0 Å². The molecule has 0 bridgehead atoms. The molecule has 0 spiro atoms. The van der Waals surface area contributed by atoms with Gasteiger partial charge in [-0.25, -0.2) is 9.97 Å². The van der Waals surface area contributed by atoms with Gasteiger partial charge in [0, 0.05) is 50.8 Å². The second kappa shape index (κ2) is 25.9. The Bertz CT molecular complexity index is 5010. The van der Waals surface area contributed by atoms with Crippen LogP contribution in [0.4, 0.5) is 34.1 Å². The molecule has 5 heteroatoms. The lowest BCUT2D eigenvalue weighted by Gasteiger charge is -2.45. The van der Waals surface area contributed by atoms with Crippen molar-refractivity contribution in [2.75, 3.05) is 9.80 Å². The Labute approximate surface area is 610 Å². The highest BCUT2D eigenvalue weighted by molar-refractivity contribution is 7.00. The van der Waals surface area contributed by atoms with Crippen molar-refractivity contribution >= 4 is 57.2 Å². The third-order valence-corrected chi connectivity index (χ3v) is 21.0. The van der Waals surface area contributed by atoms with Crippen LogP contribution in [0.25, 0.3) is 101 Å². The van der Waals surface area contributed by atoms with Gasteiger partial charge in [-0.05, 0) is 218 Å². The minimum Gasteiger partial charge on any atom is -0.311 e. The zero-order valence-electron chi connectivity index (χ0n) is 61.3. The average molecular weight is 1330 g/mol. The summed E-state index contributed by atoms with van der Waals surface area (Å²) in [7, 11) is 0. The molecule has 103 heavy (non-hydrogen) atoms. The second-order valence-corrected chi connectivity index (χ2v) is 32.4. The van der Waals surface area contributed by atoms with Gasteiger partial charge < -0.3 is 9.80 Å². The number of nitrogens with zero attached hydrogens (tertiary/aromatic N) is 4. The monoisotopic (exact) mass is 1330 g/mol. The molecule has 2 aliphatic rings. The molecule has 3 heterocycles. The normalized spacial score (nSPS) is 12.8. The molecule has 0 radical (unpaired) electrons. The fraction of sp³-hybridized carbons (Fsp3) is 0.163. The number of fused-ring (bicyclic) bond motifs is 4. The van der Waals surface area contributed by atoms with E-state index < -0.39 is 0 Å². The molecule has 0 atom stereocenters. The molecule has 0 N–H and O–H groups in total. The minimum atomic E-state index is -0.216. The van der Waals surface area contributed by atoms with E-state index in [9.17, 15) is 0 Å². The van der Waals surface area contributed by atoms with E-state index >= 15 is 0 Å². The van der Waals surface area contributed by atoms with Crippen molar-refractivity contribution in [3.8, 4) is 101 Å². The van der Waals surface area contributed by atoms with E-state index in [0.717, 1.165) is 129 Å². The van der Waals surface area contributed by atoms with Gasteiger partial charge >= 0.3 is 0 Å². The van der Waals surface area contributed by atoms with E-state index in [0.29, 0.717) is 5.82 Å². The van der Waals surface area contributed by atoms with E-state index in [2.05, 4.69) is 402 Å². The maximum Gasteiger partial charge on any atom is 0.252 e. The SMILES string of the molecule is CC(C)(C)c1cc(-c2cc(-c3cc4c5c(c3)N(c3cc(-c6ccccc6)cc(-c6ccccc6)c3)c3cc(-c6ccccc6)ccc3B5c3ccc(-c5ccccc5)cc3N4c3cc(-c4ccccc4)cc(-c4ccccc4)c3)nc(-c3cc(C(C)(C)C)cc(C(C)(C)C)c3)n2)cc(C(C)(C)C)c1. The molecule has 502 valence electrons. The van der Waals surface area contributed by atoms with E-state index in [1.807, 2.05) is 0 Å². The van der Waals surface area contributed by atoms with Crippen molar-refractivity contribution in [2.45, 2.75) is 105 Å². The summed E-state index contributed by atoms with van der Waals surface area (Å²) in [4.78, 5) is 17.0. The molecular weight excluding hydrogens is 1240 g/mol. The topological polar surface area (TPSA) is 32.3 Å². The number of hydrogen-bond acceptors (Lipinski definition) is 4. The summed E-state index contributed by atoms with van der Waals surface area (Å²) in [5.74, 6) is 0.683. The third kappa shape index (κ3) is 12.9. The summed E-state index contributed by atoms with van der Waals surface area (Å²) in [6.45, 7) is 27.6. The Morgan fingerprint density at radius 1 is 0.223 bits per heavy atom. The fourth-order valence-corrected chi connectivity index (χ4v) is 15.1. The van der Waals surface area contributed by atoms with Crippen LogP contribution in [-0.2, 0) is 21.7 Å². The molecule has 0 aliphatic carbocycles. The van der Waals surface area contributed by atoms with Crippen LogP contribution < -0.4 is 26.2 Å². The van der Waals surface area contributed by atoms with Crippen molar-refractivity contribution in [1.82, 2.24) is 9.97 Å². The first-order valence-corrected chi connectivity index (χ1v) is 36.5. The number of hydrogen-bond donors (Lipinski definition) is 0. The number of rotatable bonds is 11. The first-order chi connectivity index (χ1) is 49.5. The van der Waals surface area contributed by atoms with Crippen molar-refractivity contribution < 1.29 is 0 Å². The highest BCUT2D eigenvalue weighted by Gasteiger charge is 2.45. The summed E-state index contributed by atoms with van der Waals surface area (Å²) in [6.07, 6.45) is 0. The zero-order chi connectivity index (χ0) is 71.1. The standard InChI is InChI=1S/C98H87BN4/c1-95(2,3)79-49-76(50-80(61-79)96(4,5)6)87-63-88(101-94(100-87)78-51-81(97(7,8)9)62-82(52-78)98(10,11)12)77-59-91-93-92(60-77)103(84-55-74(68-39-27-17-28-40-68)48-75(56-84)69-41-29-18-30-42-69)90-58-71(65-33-21-14-22-34-65)44-46-86(90)99(93)85-45-43-70(64-31-19-13-20-32-64)57-89(85)102(91)83-53-72(66-35-23-15-24-36-66)47-73(54-83)67-37-25-16-26-38-67/h13-63H,1-12H3. The van der Waals surface area contributed by atoms with E-state index in [1.165, 1.54) is 38.6 Å². The van der Waals surface area contributed by atoms with E-state index in [1.54, 1.807) is 0 Å². The second-order valence-electron chi connectivity index (χ2n) is 32.4. The van der Waals surface area contributed by atoms with Crippen LogP contribution >= 0.6 is 0 Å². The summed E-state index contributed by atoms with van der Waals surface area (Å²) in [5, 5.41) is 0. The molecule has 0 unspecified atom stereocenters. The summed E-state index contributed by atoms with van der Waals surface area (Å²) >= 11 is 0. The Kier molecular flexibility index (Phi) is 16.6. The lowest BCUT2D eigenvalue weighted by Crippen LogP contribution is -2.61. The Morgan fingerprint density at radius 3 is 0.796 bits per heavy atom. The summed E-state index contributed by atoms with van der Waals surface area (Å²) in [5.41, 5.74) is 32.9. The van der Waals surface area contributed by atoms with Crippen LogP contribution in [0, 0.1) is 0 Å². The highest BCUT2D eigenvalue weighted by Crippen LogP contribution is 2.51. The zero-order valence-corrected chi connectivity index (χ0v) is 61.3. The summed E-state index contributed by atoms with van der Waals surface area (Å²) < 4.78 is 0. The molecule has 2 aliphatic heterocycles. The fourth-order valence-electron chi connectivity index (χ4n) is 15.1. The molecule has 0 saturated carbocycles. The lowest BCUT2D eigenvalue weighted by atomic mass is 9.33. The van der Waals surface area contributed by atoms with Gasteiger partial charge in [-0.1, -0.05) is 301 Å². The largest absolute Gasteiger partial charge is 0.311 e. The van der Waals surface area contributed by atoms with Crippen LogP contribution in [0.5, 0.6) is 0 Å². The van der Waals surface area contributed by atoms with Gasteiger partial charge in [0.2, 0.25) is 0 Å². The Balaban J connectivity index is 1.08. The summed E-state index contributed by atoms with van der Waals surface area (Å²) in [6, 6.07) is 116. The van der Waals surface area contributed by atoms with Crippen LogP contribution in [0.3, 0.4) is 0 Å². The minimum absolute atomic E-state index is 0.147. The molecule has 0 fully saturated rings. The van der Waals surface area contributed by atoms with Crippen molar-refractivity contribution in [3.63, 3.8) is 0 Å². The maximum absolute atomic E-state index is 6.01. The van der Waals surface area contributed by atoms with Crippen LogP contribution in [0.15, 0.2) is 309 Å². The van der Waals surface area contributed by atoms with E-state index in [4.69, 9.17) is 9.97 Å². The first kappa shape index (κ1) is 66.2. The number of aromatic nitrogens is 2. The van der Waals surface area contributed by atoms with Gasteiger partial charge in [-0.15, -0.1) is 0 Å². The van der Waals surface area contributed by atoms with E-state index in [-0.39, 0.29) is 28.4 Å². The highest BCUT2D eigenvalue weighted by atomic mass is 15.2. The molecule has 0 amide bonds. The first-order valence-electron chi connectivity index (χ1n) is 36.5. The van der Waals surface area contributed by atoms with Crippen LogP contribution in [0.2, 0.25) is 0 Å².